The van der Waals surface area contributed by atoms with Gasteiger partial charge in [0.1, 0.15) is 0 Å². The van der Waals surface area contributed by atoms with Crippen molar-refractivity contribution in [3.63, 3.8) is 0 Å². The van der Waals surface area contributed by atoms with Crippen molar-refractivity contribution in [1.82, 2.24) is 5.32 Å². The molecule has 1 N–H and O–H groups in total. The number of piperidine rings is 1. The van der Waals surface area contributed by atoms with Gasteiger partial charge in [-0.15, -0.1) is 0 Å². The molecule has 0 saturated carbocycles. The van der Waals surface area contributed by atoms with Gasteiger partial charge in [-0.3, -0.25) is 4.79 Å². The maximum atomic E-state index is 12.5. The molecule has 3 atom stereocenters. The number of hydrogen-bond donors (Lipinski definition) is 1. The molecule has 0 aromatic carbocycles. The molecule has 0 radical (unpaired) electrons. The summed E-state index contributed by atoms with van der Waals surface area (Å²) in [6.45, 7) is 3.16. The van der Waals surface area contributed by atoms with Crippen LogP contribution < -0.4 is 5.32 Å². The van der Waals surface area contributed by atoms with Crippen molar-refractivity contribution in [1.29, 1.82) is 0 Å². The molecule has 0 amide bonds. The molecule has 102 valence electrons. The zero-order valence-electron chi connectivity index (χ0n) is 11.0. The molecule has 18 heavy (non-hydrogen) atoms. The Labute approximate surface area is 108 Å². The maximum Gasteiger partial charge on any atom is 0.153 e. The standard InChI is InChI=1S/C14H23NO3/c16-13(12-3-1-2-6-15-12)11-4-7-18-14(9-11)5-8-17-10-14/h11-12,15H,1-10H2. The van der Waals surface area contributed by atoms with Crippen LogP contribution in [0.5, 0.6) is 0 Å². The quantitative estimate of drug-likeness (QED) is 0.805. The minimum Gasteiger partial charge on any atom is -0.378 e. The molecule has 4 nitrogen and oxygen atoms in total. The summed E-state index contributed by atoms with van der Waals surface area (Å²) in [5, 5.41) is 3.37. The minimum absolute atomic E-state index is 0.0984. The monoisotopic (exact) mass is 253 g/mol. The lowest BCUT2D eigenvalue weighted by Gasteiger charge is -2.38. The summed E-state index contributed by atoms with van der Waals surface area (Å²) >= 11 is 0. The van der Waals surface area contributed by atoms with Gasteiger partial charge in [-0.2, -0.15) is 0 Å². The molecule has 0 aromatic heterocycles. The van der Waals surface area contributed by atoms with Gasteiger partial charge in [0.25, 0.3) is 0 Å². The van der Waals surface area contributed by atoms with Crippen molar-refractivity contribution in [2.24, 2.45) is 5.92 Å². The fourth-order valence-electron chi connectivity index (χ4n) is 3.51. The lowest BCUT2D eigenvalue weighted by atomic mass is 9.80. The third-order valence-corrected chi connectivity index (χ3v) is 4.62. The van der Waals surface area contributed by atoms with E-state index in [9.17, 15) is 4.79 Å². The molecule has 0 bridgehead atoms. The summed E-state index contributed by atoms with van der Waals surface area (Å²) in [5.41, 5.74) is -0.146. The fourth-order valence-corrected chi connectivity index (χ4v) is 3.51. The van der Waals surface area contributed by atoms with E-state index in [-0.39, 0.29) is 17.6 Å². The molecule has 0 aromatic rings. The van der Waals surface area contributed by atoms with Crippen molar-refractivity contribution in [3.05, 3.63) is 0 Å². The highest BCUT2D eigenvalue weighted by molar-refractivity contribution is 5.86. The van der Waals surface area contributed by atoms with Gasteiger partial charge in [0.2, 0.25) is 0 Å². The smallest absolute Gasteiger partial charge is 0.153 e. The predicted molar refractivity (Wildman–Crippen MR) is 67.5 cm³/mol. The first kappa shape index (κ1) is 12.6. The highest BCUT2D eigenvalue weighted by atomic mass is 16.6. The lowest BCUT2D eigenvalue weighted by Crippen LogP contribution is -2.48. The molecule has 3 heterocycles. The van der Waals surface area contributed by atoms with Crippen LogP contribution in [0, 0.1) is 5.92 Å². The number of carbonyl (C=O) groups is 1. The van der Waals surface area contributed by atoms with Gasteiger partial charge in [0.05, 0.1) is 18.2 Å². The second kappa shape index (κ2) is 5.27. The van der Waals surface area contributed by atoms with Crippen LogP contribution in [0.2, 0.25) is 0 Å². The van der Waals surface area contributed by atoms with Crippen molar-refractivity contribution in [3.8, 4) is 0 Å². The first-order chi connectivity index (χ1) is 8.79. The van der Waals surface area contributed by atoms with Gasteiger partial charge < -0.3 is 14.8 Å². The van der Waals surface area contributed by atoms with E-state index in [2.05, 4.69) is 5.32 Å². The van der Waals surface area contributed by atoms with Gasteiger partial charge in [0.15, 0.2) is 5.78 Å². The Balaban J connectivity index is 1.62. The number of rotatable bonds is 2. The maximum absolute atomic E-state index is 12.5. The zero-order valence-corrected chi connectivity index (χ0v) is 11.0. The first-order valence-electron chi connectivity index (χ1n) is 7.28. The van der Waals surface area contributed by atoms with E-state index < -0.39 is 0 Å². The largest absolute Gasteiger partial charge is 0.378 e. The Hall–Kier alpha value is -0.450. The average Bonchev–Trinajstić information content (AvgIpc) is 2.87. The molecule has 3 rings (SSSR count). The van der Waals surface area contributed by atoms with Crippen molar-refractivity contribution in [2.45, 2.75) is 50.2 Å². The van der Waals surface area contributed by atoms with Crippen LogP contribution in [0.1, 0.15) is 38.5 Å². The summed E-state index contributed by atoms with van der Waals surface area (Å²) in [6, 6.07) is 0.0984. The second-order valence-corrected chi connectivity index (χ2v) is 5.93. The van der Waals surface area contributed by atoms with Gasteiger partial charge in [0, 0.05) is 25.6 Å². The molecule has 3 aliphatic heterocycles. The Bertz CT molecular complexity index is 306. The van der Waals surface area contributed by atoms with E-state index in [4.69, 9.17) is 9.47 Å². The summed E-state index contributed by atoms with van der Waals surface area (Å²) in [5.74, 6) is 0.598. The van der Waals surface area contributed by atoms with Gasteiger partial charge in [-0.25, -0.2) is 0 Å². The van der Waals surface area contributed by atoms with E-state index in [1.807, 2.05) is 0 Å². The Morgan fingerprint density at radius 1 is 1.22 bits per heavy atom. The molecule has 3 unspecified atom stereocenters. The molecule has 4 heteroatoms. The average molecular weight is 253 g/mol. The Morgan fingerprint density at radius 3 is 2.89 bits per heavy atom. The summed E-state index contributed by atoms with van der Waals surface area (Å²) in [7, 11) is 0. The second-order valence-electron chi connectivity index (χ2n) is 5.93. The highest BCUT2D eigenvalue weighted by Gasteiger charge is 2.44. The van der Waals surface area contributed by atoms with E-state index in [0.29, 0.717) is 19.0 Å². The Morgan fingerprint density at radius 2 is 2.17 bits per heavy atom. The normalized spacial score (nSPS) is 41.1. The van der Waals surface area contributed by atoms with Crippen molar-refractivity contribution < 1.29 is 14.3 Å². The molecule has 3 fully saturated rings. The highest BCUT2D eigenvalue weighted by Crippen LogP contribution is 2.36. The third kappa shape index (κ3) is 2.46. The molecular weight excluding hydrogens is 230 g/mol. The summed E-state index contributed by atoms with van der Waals surface area (Å²) in [6.07, 6.45) is 6.10. The minimum atomic E-state index is -0.146. The third-order valence-electron chi connectivity index (χ3n) is 4.62. The summed E-state index contributed by atoms with van der Waals surface area (Å²) < 4.78 is 11.4. The van der Waals surface area contributed by atoms with Crippen LogP contribution in [0.25, 0.3) is 0 Å². The van der Waals surface area contributed by atoms with Crippen LogP contribution >= 0.6 is 0 Å². The molecular formula is C14H23NO3. The number of hydrogen-bond acceptors (Lipinski definition) is 4. The molecule has 3 saturated heterocycles. The lowest BCUT2D eigenvalue weighted by molar-refractivity contribution is -0.139. The number of ether oxygens (including phenoxy) is 2. The number of nitrogens with one attached hydrogen (secondary N) is 1. The van der Waals surface area contributed by atoms with Crippen LogP contribution in [-0.2, 0) is 14.3 Å². The van der Waals surface area contributed by atoms with Crippen LogP contribution in [0.4, 0.5) is 0 Å². The molecule has 0 aliphatic carbocycles. The van der Waals surface area contributed by atoms with E-state index in [1.54, 1.807) is 0 Å². The Kier molecular flexibility index (Phi) is 3.68. The predicted octanol–water partition coefficient (Wildman–Crippen LogP) is 1.28. The van der Waals surface area contributed by atoms with Crippen LogP contribution in [-0.4, -0.2) is 43.8 Å². The number of carbonyl (C=O) groups excluding carboxylic acids is 1. The SMILES string of the molecule is O=C(C1CCOC2(CCOC2)C1)C1CCCCN1. The van der Waals surface area contributed by atoms with E-state index in [0.717, 1.165) is 38.8 Å². The van der Waals surface area contributed by atoms with Crippen molar-refractivity contribution >= 4 is 5.78 Å². The number of ketones is 1. The van der Waals surface area contributed by atoms with Gasteiger partial charge in [-0.1, -0.05) is 6.42 Å². The first-order valence-corrected chi connectivity index (χ1v) is 7.28. The van der Waals surface area contributed by atoms with Crippen LogP contribution in [0.15, 0.2) is 0 Å². The van der Waals surface area contributed by atoms with E-state index >= 15 is 0 Å². The molecule has 1 spiro atoms. The van der Waals surface area contributed by atoms with Crippen molar-refractivity contribution in [2.75, 3.05) is 26.4 Å². The van der Waals surface area contributed by atoms with E-state index in [1.165, 1.54) is 12.8 Å². The fraction of sp³-hybridized carbons (Fsp3) is 0.929. The zero-order chi connectivity index (χ0) is 12.4. The van der Waals surface area contributed by atoms with Crippen LogP contribution in [0.3, 0.4) is 0 Å². The summed E-state index contributed by atoms with van der Waals surface area (Å²) in [4.78, 5) is 12.5. The number of Topliss-reactive ketones (excluding diaryl/α,β-unsaturated/α-hetero) is 1. The van der Waals surface area contributed by atoms with Gasteiger partial charge in [-0.05, 0) is 32.2 Å². The topological polar surface area (TPSA) is 47.6 Å². The van der Waals surface area contributed by atoms with Gasteiger partial charge >= 0.3 is 0 Å². The molecule has 3 aliphatic rings.